The molecular formula is C37H34F3N5O10S2. The van der Waals surface area contributed by atoms with Gasteiger partial charge in [-0.15, -0.1) is 0 Å². The zero-order valence-electron chi connectivity index (χ0n) is 30.3. The van der Waals surface area contributed by atoms with Crippen molar-refractivity contribution >= 4 is 62.4 Å². The van der Waals surface area contributed by atoms with E-state index in [0.717, 1.165) is 17.0 Å². The molecule has 15 nitrogen and oxygen atoms in total. The molecule has 57 heavy (non-hydrogen) atoms. The number of amides is 4. The Morgan fingerprint density at radius 2 is 1.47 bits per heavy atom. The molecule has 3 aromatic carbocycles. The monoisotopic (exact) mass is 829 g/mol. The Hall–Kier alpha value is -5.62. The van der Waals surface area contributed by atoms with Crippen LogP contribution in [0, 0.1) is 11.3 Å². The van der Waals surface area contributed by atoms with Gasteiger partial charge in [0.15, 0.2) is 5.11 Å². The molecule has 20 heteroatoms. The number of carbonyl (C=O) groups excluding carboxylic acids is 4. The highest BCUT2D eigenvalue weighted by molar-refractivity contribution is 7.90. The van der Waals surface area contributed by atoms with E-state index in [0.29, 0.717) is 15.7 Å². The Balaban J connectivity index is 0.915. The third kappa shape index (κ3) is 8.14. The van der Waals surface area contributed by atoms with E-state index < -0.39 is 62.5 Å². The van der Waals surface area contributed by atoms with Crippen molar-refractivity contribution in [3.8, 4) is 17.6 Å². The number of imide groups is 1. The van der Waals surface area contributed by atoms with E-state index in [2.05, 4.69) is 5.32 Å². The number of piperidine rings is 1. The number of carbonyl (C=O) groups is 4. The number of halogens is 3. The molecular weight excluding hydrogens is 796 g/mol. The highest BCUT2D eigenvalue weighted by Crippen LogP contribution is 2.40. The Morgan fingerprint density at radius 3 is 2.09 bits per heavy atom. The first-order valence-corrected chi connectivity index (χ1v) is 19.2. The third-order valence-corrected chi connectivity index (χ3v) is 11.4. The molecule has 3 heterocycles. The number of nitriles is 1. The maximum Gasteiger partial charge on any atom is 0.417 e. The van der Waals surface area contributed by atoms with Crippen molar-refractivity contribution < 1.29 is 59.7 Å². The predicted octanol–water partition coefficient (Wildman–Crippen LogP) is 3.93. The van der Waals surface area contributed by atoms with Crippen LogP contribution in [0.15, 0.2) is 65.6 Å². The van der Waals surface area contributed by atoms with Crippen LogP contribution in [0.5, 0.6) is 11.5 Å². The number of fused-ring (bicyclic) bond motifs is 1. The van der Waals surface area contributed by atoms with Crippen LogP contribution in [0.25, 0.3) is 0 Å². The number of anilines is 2. The number of nitrogens with one attached hydrogen (secondary N) is 1. The van der Waals surface area contributed by atoms with Gasteiger partial charge in [0.2, 0.25) is 5.91 Å². The summed E-state index contributed by atoms with van der Waals surface area (Å²) >= 11 is 5.57. The van der Waals surface area contributed by atoms with Crippen LogP contribution in [-0.4, -0.2) is 92.7 Å². The lowest BCUT2D eigenvalue weighted by Gasteiger charge is -2.29. The molecule has 0 saturated carbocycles. The summed E-state index contributed by atoms with van der Waals surface area (Å²) in [5.41, 5.74) is -2.69. The fourth-order valence-electron chi connectivity index (χ4n) is 6.44. The lowest BCUT2D eigenvalue weighted by molar-refractivity contribution is -0.138. The number of hydrogen-bond donors (Lipinski definition) is 1. The van der Waals surface area contributed by atoms with E-state index in [1.165, 1.54) is 35.2 Å². The van der Waals surface area contributed by atoms with Crippen LogP contribution in [0.1, 0.15) is 48.2 Å². The zero-order chi connectivity index (χ0) is 41.3. The second-order valence-corrected chi connectivity index (χ2v) is 15.5. The summed E-state index contributed by atoms with van der Waals surface area (Å²) in [6, 6.07) is 13.8. The molecule has 1 unspecified atom stereocenters. The first-order chi connectivity index (χ1) is 27.0. The van der Waals surface area contributed by atoms with Crippen molar-refractivity contribution in [2.45, 2.75) is 49.3 Å². The van der Waals surface area contributed by atoms with Crippen molar-refractivity contribution in [3.05, 3.63) is 77.4 Å². The zero-order valence-corrected chi connectivity index (χ0v) is 32.0. The molecule has 3 aliphatic heterocycles. The van der Waals surface area contributed by atoms with Gasteiger partial charge in [-0.05, 0) is 87.1 Å². The highest BCUT2D eigenvalue weighted by Gasteiger charge is 2.51. The topological polar surface area (TPSA) is 185 Å². The van der Waals surface area contributed by atoms with Gasteiger partial charge in [-0.3, -0.25) is 29.4 Å². The minimum Gasteiger partial charge on any atom is -0.491 e. The molecule has 300 valence electrons. The number of hydrogen-bond acceptors (Lipinski definition) is 12. The average Bonchev–Trinajstić information content (AvgIpc) is 3.47. The summed E-state index contributed by atoms with van der Waals surface area (Å²) in [6.07, 6.45) is -5.01. The molecule has 0 radical (unpaired) electrons. The molecule has 0 aliphatic carbocycles. The molecule has 3 aromatic rings. The van der Waals surface area contributed by atoms with Crippen molar-refractivity contribution in [2.75, 3.05) is 49.4 Å². The number of ether oxygens (including phenoxy) is 4. The molecule has 2 saturated heterocycles. The van der Waals surface area contributed by atoms with E-state index in [9.17, 15) is 40.8 Å². The van der Waals surface area contributed by atoms with Gasteiger partial charge in [-0.2, -0.15) is 18.4 Å². The van der Waals surface area contributed by atoms with Crippen molar-refractivity contribution in [1.29, 1.82) is 5.26 Å². The second kappa shape index (κ2) is 16.1. The van der Waals surface area contributed by atoms with Crippen LogP contribution in [0.2, 0.25) is 0 Å². The summed E-state index contributed by atoms with van der Waals surface area (Å²) in [4.78, 5) is 52.4. The summed E-state index contributed by atoms with van der Waals surface area (Å²) in [5, 5.41) is 11.2. The van der Waals surface area contributed by atoms with E-state index in [1.54, 1.807) is 38.1 Å². The van der Waals surface area contributed by atoms with E-state index in [4.69, 9.17) is 36.4 Å². The van der Waals surface area contributed by atoms with Crippen LogP contribution in [-0.2, 0) is 40.1 Å². The van der Waals surface area contributed by atoms with Gasteiger partial charge in [-0.1, -0.05) is 0 Å². The molecule has 0 aromatic heterocycles. The highest BCUT2D eigenvalue weighted by atomic mass is 32.2. The summed E-state index contributed by atoms with van der Waals surface area (Å²) in [5.74, 6) is -2.13. The van der Waals surface area contributed by atoms with E-state index >= 15 is 0 Å². The fraction of sp³-hybridized carbons (Fsp3) is 0.351. The lowest BCUT2D eigenvalue weighted by Crippen LogP contribution is -2.54. The fourth-order valence-corrected chi connectivity index (χ4v) is 8.73. The van der Waals surface area contributed by atoms with E-state index in [-0.39, 0.29) is 79.5 Å². The van der Waals surface area contributed by atoms with Gasteiger partial charge in [0.25, 0.3) is 27.7 Å². The molecule has 0 bridgehead atoms. The minimum absolute atomic E-state index is 0.0323. The van der Waals surface area contributed by atoms with Gasteiger partial charge in [0.1, 0.15) is 41.2 Å². The summed E-state index contributed by atoms with van der Waals surface area (Å²) in [7, 11) is -4.35. The average molecular weight is 830 g/mol. The Bertz CT molecular complexity index is 2280. The van der Waals surface area contributed by atoms with E-state index in [1.807, 2.05) is 0 Å². The van der Waals surface area contributed by atoms with Gasteiger partial charge in [0, 0.05) is 18.2 Å². The van der Waals surface area contributed by atoms with Crippen molar-refractivity contribution in [2.24, 2.45) is 0 Å². The van der Waals surface area contributed by atoms with Gasteiger partial charge in [-0.25, -0.2) is 12.7 Å². The number of nitrogens with zero attached hydrogens (tertiary/aromatic N) is 4. The molecule has 3 aliphatic rings. The first kappa shape index (κ1) is 41.0. The second-order valence-electron chi connectivity index (χ2n) is 13.3. The maximum atomic E-state index is 13.6. The Morgan fingerprint density at radius 1 is 0.877 bits per heavy atom. The van der Waals surface area contributed by atoms with Crippen molar-refractivity contribution in [1.82, 2.24) is 9.62 Å². The van der Waals surface area contributed by atoms with Gasteiger partial charge < -0.3 is 23.8 Å². The van der Waals surface area contributed by atoms with Gasteiger partial charge in [0.05, 0.1) is 54.9 Å². The minimum atomic E-state index is -4.81. The third-order valence-electron chi connectivity index (χ3n) is 9.23. The smallest absolute Gasteiger partial charge is 0.417 e. The molecule has 2 fully saturated rings. The predicted molar refractivity (Wildman–Crippen MR) is 198 cm³/mol. The SMILES string of the molecule is CC1(C)C(=O)N(c2ccc(C#N)c(C(F)(F)F)c2)C(=S)N1c1ccc(OCCOCCOCCOc2ccc3c(c2)S(=O)(=O)N(C2CCC(=O)NC2=O)C3=O)cc1. The molecule has 1 N–H and O–H groups in total. The van der Waals surface area contributed by atoms with Crippen LogP contribution >= 0.6 is 12.2 Å². The molecule has 1 atom stereocenters. The Labute approximate surface area is 329 Å². The standard InChI is InChI=1S/C37H34F3N5O10S2/c1-36(2)34(49)43(24-4-3-22(21-41)28(19-24)37(38,39)40)35(56)44(36)23-5-7-25(8-6-23)54-17-15-52-13-14-53-16-18-55-26-9-10-27-30(20-26)57(50,51)45(33(27)48)29-11-12-31(46)42-32(29)47/h3-10,19-20,29H,11-18H2,1-2H3,(H,42,46,47). The van der Waals surface area contributed by atoms with Crippen LogP contribution in [0.3, 0.4) is 0 Å². The molecule has 0 spiro atoms. The largest absolute Gasteiger partial charge is 0.491 e. The number of alkyl halides is 3. The maximum absolute atomic E-state index is 13.6. The normalized spacial score (nSPS) is 18.8. The summed E-state index contributed by atoms with van der Waals surface area (Å²) < 4.78 is 90.1. The summed E-state index contributed by atoms with van der Waals surface area (Å²) in [6.45, 7) is 4.25. The Kier molecular flexibility index (Phi) is 11.6. The van der Waals surface area contributed by atoms with Crippen LogP contribution in [0.4, 0.5) is 24.5 Å². The van der Waals surface area contributed by atoms with Crippen LogP contribution < -0.4 is 24.6 Å². The molecule has 6 rings (SSSR count). The number of sulfonamides is 1. The molecule has 4 amide bonds. The number of benzene rings is 3. The quantitative estimate of drug-likeness (QED) is 0.140. The number of rotatable bonds is 14. The lowest BCUT2D eigenvalue weighted by atomic mass is 10.0. The first-order valence-electron chi connectivity index (χ1n) is 17.3. The van der Waals surface area contributed by atoms with Gasteiger partial charge >= 0.3 is 6.18 Å². The number of thiocarbonyl (C=S) groups is 1. The van der Waals surface area contributed by atoms with Crippen molar-refractivity contribution in [3.63, 3.8) is 0 Å².